The Bertz CT molecular complexity index is 714. The molecule has 0 radical (unpaired) electrons. The maximum atomic E-state index is 11.9. The van der Waals surface area contributed by atoms with Gasteiger partial charge in [-0.15, -0.1) is 0 Å². The van der Waals surface area contributed by atoms with Gasteiger partial charge in [0.2, 0.25) is 0 Å². The largest absolute Gasteiger partial charge is 0.497 e. The highest BCUT2D eigenvalue weighted by molar-refractivity contribution is 5.96. The monoisotopic (exact) mass is 332 g/mol. The molecule has 2 rings (SSSR count). The van der Waals surface area contributed by atoms with Crippen LogP contribution in [0, 0.1) is 6.92 Å². The van der Waals surface area contributed by atoms with Crippen LogP contribution in [0.25, 0.3) is 0 Å². The van der Waals surface area contributed by atoms with Crippen LogP contribution >= 0.6 is 0 Å². The van der Waals surface area contributed by atoms with Gasteiger partial charge in [0, 0.05) is 5.69 Å². The number of methoxy groups -OCH3 is 1. The van der Waals surface area contributed by atoms with Gasteiger partial charge in [0.1, 0.15) is 11.9 Å². The number of H-pyrrole nitrogens is 1. The Balaban J connectivity index is 1.79. The Hall–Kier alpha value is -2.87. The molecule has 0 aliphatic carbocycles. The molecule has 0 unspecified atom stereocenters. The number of aromatic nitrogens is 2. The van der Waals surface area contributed by atoms with Gasteiger partial charge in [0.25, 0.3) is 11.8 Å². The lowest BCUT2D eigenvalue weighted by Gasteiger charge is -2.14. The molecule has 1 aromatic carbocycles. The highest BCUT2D eigenvalue weighted by atomic mass is 16.5. The summed E-state index contributed by atoms with van der Waals surface area (Å²) in [7, 11) is 1.58. The second-order valence-corrected chi connectivity index (χ2v) is 5.16. The van der Waals surface area contributed by atoms with Gasteiger partial charge in [0.15, 0.2) is 0 Å². The summed E-state index contributed by atoms with van der Waals surface area (Å²) in [5.74, 6) is -0.182. The van der Waals surface area contributed by atoms with Crippen LogP contribution in [0.2, 0.25) is 0 Å². The summed E-state index contributed by atoms with van der Waals surface area (Å²) in [4.78, 5) is 23.8. The van der Waals surface area contributed by atoms with E-state index in [1.807, 2.05) is 24.3 Å². The molecular weight excluding hydrogens is 312 g/mol. The highest BCUT2D eigenvalue weighted by Crippen LogP contribution is 2.13. The van der Waals surface area contributed by atoms with Crippen molar-refractivity contribution < 1.29 is 19.1 Å². The maximum absolute atomic E-state index is 11.9. The molecule has 24 heavy (non-hydrogen) atoms. The molecule has 8 nitrogen and oxygen atoms in total. The van der Waals surface area contributed by atoms with Crippen LogP contribution in [0.5, 0.6) is 5.75 Å². The molecule has 0 fully saturated rings. The second kappa shape index (κ2) is 8.11. The van der Waals surface area contributed by atoms with Crippen LogP contribution in [0.4, 0.5) is 0 Å². The summed E-state index contributed by atoms with van der Waals surface area (Å²) in [6.07, 6.45) is 0.654. The van der Waals surface area contributed by atoms with Crippen molar-refractivity contribution >= 4 is 11.8 Å². The van der Waals surface area contributed by atoms with Crippen molar-refractivity contribution in [2.45, 2.75) is 26.6 Å². The minimum Gasteiger partial charge on any atom is -0.497 e. The normalized spacial score (nSPS) is 11.6. The average molecular weight is 332 g/mol. The number of carbonyl (C=O) groups excluding carboxylic acids is 2. The lowest BCUT2D eigenvalue weighted by molar-refractivity contribution is -0.133. The van der Waals surface area contributed by atoms with Gasteiger partial charge in [-0.3, -0.25) is 25.5 Å². The number of hydrogen-bond acceptors (Lipinski definition) is 5. The molecule has 128 valence electrons. The van der Waals surface area contributed by atoms with Crippen molar-refractivity contribution in [3.05, 3.63) is 47.3 Å². The molecule has 1 heterocycles. The number of hydrogen-bond donors (Lipinski definition) is 3. The number of nitrogens with one attached hydrogen (secondary N) is 3. The fraction of sp³-hybridized carbons (Fsp3) is 0.312. The van der Waals surface area contributed by atoms with Crippen molar-refractivity contribution in [2.24, 2.45) is 0 Å². The molecule has 3 N–H and O–H groups in total. The Morgan fingerprint density at radius 3 is 2.79 bits per heavy atom. The first kappa shape index (κ1) is 17.5. The molecule has 0 aliphatic heterocycles. The van der Waals surface area contributed by atoms with Gasteiger partial charge >= 0.3 is 0 Å². The molecule has 0 saturated heterocycles. The molecular formula is C16H20N4O4. The second-order valence-electron chi connectivity index (χ2n) is 5.16. The van der Waals surface area contributed by atoms with E-state index in [0.717, 1.165) is 11.3 Å². The van der Waals surface area contributed by atoms with Crippen LogP contribution in [-0.4, -0.2) is 35.2 Å². The lowest BCUT2D eigenvalue weighted by Crippen LogP contribution is -2.46. The van der Waals surface area contributed by atoms with E-state index in [4.69, 9.17) is 9.47 Å². The first-order valence-corrected chi connectivity index (χ1v) is 7.36. The van der Waals surface area contributed by atoms with Crippen LogP contribution in [0.3, 0.4) is 0 Å². The van der Waals surface area contributed by atoms with E-state index in [2.05, 4.69) is 21.0 Å². The quantitative estimate of drug-likeness (QED) is 0.687. The first-order chi connectivity index (χ1) is 11.5. The number of hydrazine groups is 1. The van der Waals surface area contributed by atoms with Gasteiger partial charge in [0.05, 0.1) is 25.5 Å². The molecule has 1 atom stereocenters. The van der Waals surface area contributed by atoms with Crippen molar-refractivity contribution in [1.29, 1.82) is 0 Å². The number of aromatic amines is 1. The molecule has 1 aromatic heterocycles. The summed E-state index contributed by atoms with van der Waals surface area (Å²) in [5, 5.41) is 6.40. The zero-order valence-corrected chi connectivity index (χ0v) is 13.8. The Kier molecular flexibility index (Phi) is 5.91. The summed E-state index contributed by atoms with van der Waals surface area (Å²) in [5.41, 5.74) is 6.51. The summed E-state index contributed by atoms with van der Waals surface area (Å²) >= 11 is 0. The van der Waals surface area contributed by atoms with E-state index in [1.165, 1.54) is 6.20 Å². The number of carbonyl (C=O) groups is 2. The topological polar surface area (TPSA) is 105 Å². The highest BCUT2D eigenvalue weighted by Gasteiger charge is 2.16. The number of aryl methyl sites for hydroxylation is 1. The molecule has 0 bridgehead atoms. The zero-order valence-electron chi connectivity index (χ0n) is 13.8. The standard InChI is InChI=1S/C16H20N4O4/c1-10-14(8-17-18-10)16(22)20-19-15(21)11(2)24-9-12-5-4-6-13(7-12)23-3/h4-8,11H,9H2,1-3H3,(H,17,18)(H,19,21)(H,20,22)/t11-/m1/s1. The maximum Gasteiger partial charge on any atom is 0.273 e. The van der Waals surface area contributed by atoms with E-state index in [0.29, 0.717) is 11.3 Å². The SMILES string of the molecule is COc1cccc(CO[C@H](C)C(=O)NNC(=O)c2cn[nH]c2C)c1. The van der Waals surface area contributed by atoms with E-state index in [-0.39, 0.29) is 6.61 Å². The Morgan fingerprint density at radius 2 is 2.12 bits per heavy atom. The summed E-state index contributed by atoms with van der Waals surface area (Å²) in [6.45, 7) is 3.56. The summed E-state index contributed by atoms with van der Waals surface area (Å²) in [6, 6.07) is 7.37. The van der Waals surface area contributed by atoms with E-state index in [9.17, 15) is 9.59 Å². The number of ether oxygens (including phenoxy) is 2. The Labute approximate surface area is 139 Å². The van der Waals surface area contributed by atoms with Gasteiger partial charge < -0.3 is 9.47 Å². The number of rotatable bonds is 6. The minimum atomic E-state index is -0.734. The number of benzene rings is 1. The van der Waals surface area contributed by atoms with Gasteiger partial charge in [-0.25, -0.2) is 0 Å². The predicted molar refractivity (Wildman–Crippen MR) is 86.2 cm³/mol. The zero-order chi connectivity index (χ0) is 17.5. The van der Waals surface area contributed by atoms with Crippen LogP contribution in [0.1, 0.15) is 28.5 Å². The van der Waals surface area contributed by atoms with Crippen molar-refractivity contribution in [1.82, 2.24) is 21.0 Å². The van der Waals surface area contributed by atoms with Crippen LogP contribution in [0.15, 0.2) is 30.5 Å². The smallest absolute Gasteiger partial charge is 0.273 e. The molecule has 0 aliphatic rings. The van der Waals surface area contributed by atoms with E-state index < -0.39 is 17.9 Å². The van der Waals surface area contributed by atoms with E-state index in [1.54, 1.807) is 21.0 Å². The summed E-state index contributed by atoms with van der Waals surface area (Å²) < 4.78 is 10.6. The third kappa shape index (κ3) is 4.56. The van der Waals surface area contributed by atoms with Crippen molar-refractivity contribution in [2.75, 3.05) is 7.11 Å². The third-order valence-corrected chi connectivity index (χ3v) is 3.38. The van der Waals surface area contributed by atoms with Crippen molar-refractivity contribution in [3.63, 3.8) is 0 Å². The van der Waals surface area contributed by atoms with E-state index >= 15 is 0 Å². The minimum absolute atomic E-state index is 0.251. The third-order valence-electron chi connectivity index (χ3n) is 3.38. The fourth-order valence-electron chi connectivity index (χ4n) is 1.93. The average Bonchev–Trinajstić information content (AvgIpc) is 3.03. The van der Waals surface area contributed by atoms with Crippen LogP contribution < -0.4 is 15.6 Å². The lowest BCUT2D eigenvalue weighted by atomic mass is 10.2. The Morgan fingerprint density at radius 1 is 1.33 bits per heavy atom. The molecule has 8 heteroatoms. The van der Waals surface area contributed by atoms with Crippen LogP contribution in [-0.2, 0) is 16.1 Å². The molecule has 0 spiro atoms. The predicted octanol–water partition coefficient (Wildman–Crippen LogP) is 1.09. The molecule has 2 aromatic rings. The van der Waals surface area contributed by atoms with Gasteiger partial charge in [-0.1, -0.05) is 12.1 Å². The first-order valence-electron chi connectivity index (χ1n) is 7.36. The van der Waals surface area contributed by atoms with Gasteiger partial charge in [-0.05, 0) is 31.5 Å². The molecule has 2 amide bonds. The van der Waals surface area contributed by atoms with Crippen molar-refractivity contribution in [3.8, 4) is 5.75 Å². The van der Waals surface area contributed by atoms with Gasteiger partial charge in [-0.2, -0.15) is 5.10 Å². The number of nitrogens with zero attached hydrogens (tertiary/aromatic N) is 1. The number of amides is 2. The fourth-order valence-corrected chi connectivity index (χ4v) is 1.93. The molecule has 0 saturated carbocycles.